The number of nitro groups is 1. The number of esters is 1. The van der Waals surface area contributed by atoms with Crippen molar-refractivity contribution >= 4 is 33.3 Å². The lowest BCUT2D eigenvalue weighted by Crippen LogP contribution is -2.27. The highest BCUT2D eigenvalue weighted by Gasteiger charge is 2.22. The first-order chi connectivity index (χ1) is 7.97. The zero-order chi connectivity index (χ0) is 13.0. The molecule has 1 unspecified atom stereocenters. The van der Waals surface area contributed by atoms with E-state index < -0.39 is 16.9 Å². The first kappa shape index (κ1) is 13.4. The van der Waals surface area contributed by atoms with E-state index in [1.807, 2.05) is 0 Å². The molecule has 0 fully saturated rings. The lowest BCUT2D eigenvalue weighted by Gasteiger charge is -2.13. The van der Waals surface area contributed by atoms with Gasteiger partial charge in [-0.05, 0) is 22.9 Å². The molecule has 0 aliphatic carbocycles. The summed E-state index contributed by atoms with van der Waals surface area (Å²) in [6, 6.07) is -0.697. The molecule has 1 N–H and O–H groups in total. The lowest BCUT2D eigenvalue weighted by atomic mass is 10.3. The third-order valence-electron chi connectivity index (χ3n) is 1.99. The Morgan fingerprint density at radius 3 is 2.82 bits per heavy atom. The number of pyridine rings is 1. The predicted molar refractivity (Wildman–Crippen MR) is 63.7 cm³/mol. The minimum absolute atomic E-state index is 0.197. The molecule has 0 radical (unpaired) electrons. The predicted octanol–water partition coefficient (Wildman–Crippen LogP) is 1.73. The maximum Gasteiger partial charge on any atom is 0.327 e. The molecule has 0 aliphatic rings. The number of nitrogens with zero attached hydrogens (tertiary/aromatic N) is 2. The third kappa shape index (κ3) is 3.13. The van der Waals surface area contributed by atoms with Crippen molar-refractivity contribution in [2.75, 3.05) is 12.4 Å². The summed E-state index contributed by atoms with van der Waals surface area (Å²) in [5.74, 6) is -0.511. The third-order valence-corrected chi connectivity index (χ3v) is 2.59. The Labute approximate surface area is 105 Å². The van der Waals surface area contributed by atoms with Gasteiger partial charge in [0.1, 0.15) is 17.9 Å². The number of methoxy groups -OCH3 is 1. The van der Waals surface area contributed by atoms with Crippen LogP contribution in [0.2, 0.25) is 0 Å². The maximum atomic E-state index is 11.2. The molecule has 7 nitrogen and oxygen atoms in total. The van der Waals surface area contributed by atoms with Gasteiger partial charge in [0.15, 0.2) is 0 Å². The highest BCUT2D eigenvalue weighted by molar-refractivity contribution is 9.10. The maximum absolute atomic E-state index is 11.2. The summed E-state index contributed by atoms with van der Waals surface area (Å²) in [4.78, 5) is 25.1. The van der Waals surface area contributed by atoms with Gasteiger partial charge in [-0.3, -0.25) is 15.1 Å². The fraction of sp³-hybridized carbons (Fsp3) is 0.333. The number of rotatable bonds is 4. The Kier molecular flexibility index (Phi) is 4.38. The Balaban J connectivity index is 3.05. The minimum Gasteiger partial charge on any atom is -0.467 e. The number of hydrogen-bond donors (Lipinski definition) is 1. The number of aromatic nitrogens is 1. The van der Waals surface area contributed by atoms with Crippen LogP contribution in [0.5, 0.6) is 0 Å². The van der Waals surface area contributed by atoms with Gasteiger partial charge >= 0.3 is 11.7 Å². The van der Waals surface area contributed by atoms with Gasteiger partial charge in [-0.15, -0.1) is 0 Å². The van der Waals surface area contributed by atoms with Crippen LogP contribution in [0, 0.1) is 10.1 Å². The van der Waals surface area contributed by atoms with E-state index in [9.17, 15) is 14.9 Å². The molecule has 1 aromatic heterocycles. The summed E-state index contributed by atoms with van der Waals surface area (Å²) < 4.78 is 4.93. The smallest absolute Gasteiger partial charge is 0.327 e. The fourth-order valence-corrected chi connectivity index (χ4v) is 1.59. The van der Waals surface area contributed by atoms with Crippen LogP contribution in [0.3, 0.4) is 0 Å². The molecule has 0 aliphatic heterocycles. The van der Waals surface area contributed by atoms with E-state index in [1.54, 1.807) is 6.92 Å². The van der Waals surface area contributed by atoms with Gasteiger partial charge in [-0.25, -0.2) is 4.79 Å². The number of anilines is 1. The van der Waals surface area contributed by atoms with E-state index in [4.69, 9.17) is 0 Å². The highest BCUT2D eigenvalue weighted by Crippen LogP contribution is 2.31. The van der Waals surface area contributed by atoms with Gasteiger partial charge in [-0.1, -0.05) is 0 Å². The molecule has 1 rings (SSSR count). The van der Waals surface area contributed by atoms with E-state index in [1.165, 1.54) is 13.3 Å². The second-order valence-electron chi connectivity index (χ2n) is 3.16. The van der Waals surface area contributed by atoms with Crippen molar-refractivity contribution in [1.29, 1.82) is 0 Å². The SMILES string of the molecule is COC(=O)C(C)Nc1c(Br)cncc1[N+](=O)[O-]. The zero-order valence-electron chi connectivity index (χ0n) is 9.14. The number of ether oxygens (including phenoxy) is 1. The van der Waals surface area contributed by atoms with Gasteiger partial charge in [-0.2, -0.15) is 0 Å². The number of hydrogen-bond acceptors (Lipinski definition) is 6. The van der Waals surface area contributed by atoms with Crippen LogP contribution in [0.1, 0.15) is 6.92 Å². The molecule has 0 saturated heterocycles. The fourth-order valence-electron chi connectivity index (χ4n) is 1.16. The summed E-state index contributed by atoms with van der Waals surface area (Å²) in [5, 5.41) is 13.5. The average Bonchev–Trinajstić information content (AvgIpc) is 2.30. The molecule has 1 atom stereocenters. The van der Waals surface area contributed by atoms with Crippen molar-refractivity contribution in [2.45, 2.75) is 13.0 Å². The van der Waals surface area contributed by atoms with Gasteiger partial charge in [0.2, 0.25) is 0 Å². The van der Waals surface area contributed by atoms with Crippen LogP contribution in [0.25, 0.3) is 0 Å². The molecule has 0 saturated carbocycles. The molecule has 0 bridgehead atoms. The largest absolute Gasteiger partial charge is 0.467 e. The molecule has 92 valence electrons. The van der Waals surface area contributed by atoms with Crippen LogP contribution in [-0.4, -0.2) is 29.0 Å². The normalized spacial score (nSPS) is 11.7. The van der Waals surface area contributed by atoms with Crippen molar-refractivity contribution in [2.24, 2.45) is 0 Å². The molecule has 0 aromatic carbocycles. The standard InChI is InChI=1S/C9H10BrN3O4/c1-5(9(14)17-2)12-8-6(10)3-11-4-7(8)13(15)16/h3-5H,1-2H3,(H,11,12). The van der Waals surface area contributed by atoms with Crippen LogP contribution < -0.4 is 5.32 Å². The average molecular weight is 304 g/mol. The van der Waals surface area contributed by atoms with E-state index in [0.29, 0.717) is 4.47 Å². The Morgan fingerprint density at radius 2 is 2.29 bits per heavy atom. The monoisotopic (exact) mass is 303 g/mol. The summed E-state index contributed by atoms with van der Waals surface area (Å²) in [5.41, 5.74) is -0.0157. The number of carbonyl (C=O) groups excluding carboxylic acids is 1. The van der Waals surface area contributed by atoms with Crippen molar-refractivity contribution < 1.29 is 14.5 Å². The first-order valence-electron chi connectivity index (χ1n) is 4.59. The molecule has 1 aromatic rings. The van der Waals surface area contributed by atoms with Gasteiger partial charge in [0.25, 0.3) is 0 Å². The summed E-state index contributed by atoms with van der Waals surface area (Å²) in [6.07, 6.45) is 2.51. The van der Waals surface area contributed by atoms with Gasteiger partial charge < -0.3 is 10.1 Å². The molecule has 1 heterocycles. The number of carbonyl (C=O) groups is 1. The molecule has 0 spiro atoms. The Hall–Kier alpha value is -1.70. The number of halogens is 1. The highest BCUT2D eigenvalue weighted by atomic mass is 79.9. The summed E-state index contributed by atoms with van der Waals surface area (Å²) in [7, 11) is 1.25. The molecule has 8 heteroatoms. The van der Waals surface area contributed by atoms with Gasteiger partial charge in [0.05, 0.1) is 16.5 Å². The van der Waals surface area contributed by atoms with Crippen LogP contribution in [0.4, 0.5) is 11.4 Å². The first-order valence-corrected chi connectivity index (χ1v) is 5.39. The zero-order valence-corrected chi connectivity index (χ0v) is 10.7. The topological polar surface area (TPSA) is 94.4 Å². The number of nitrogens with one attached hydrogen (secondary N) is 1. The second kappa shape index (κ2) is 5.58. The van der Waals surface area contributed by atoms with Crippen molar-refractivity contribution in [3.05, 3.63) is 27.0 Å². The van der Waals surface area contributed by atoms with E-state index in [-0.39, 0.29) is 11.4 Å². The summed E-state index contributed by atoms with van der Waals surface area (Å²) >= 11 is 3.13. The molecular formula is C9H10BrN3O4. The quantitative estimate of drug-likeness (QED) is 0.517. The lowest BCUT2D eigenvalue weighted by molar-refractivity contribution is -0.384. The van der Waals surface area contributed by atoms with E-state index in [2.05, 4.69) is 31.0 Å². The van der Waals surface area contributed by atoms with E-state index in [0.717, 1.165) is 6.20 Å². The van der Waals surface area contributed by atoms with Crippen molar-refractivity contribution in [1.82, 2.24) is 4.98 Å². The minimum atomic E-state index is -0.697. The molecule has 17 heavy (non-hydrogen) atoms. The second-order valence-corrected chi connectivity index (χ2v) is 4.02. The van der Waals surface area contributed by atoms with E-state index >= 15 is 0 Å². The summed E-state index contributed by atoms with van der Waals surface area (Å²) in [6.45, 7) is 1.54. The van der Waals surface area contributed by atoms with Crippen LogP contribution in [-0.2, 0) is 9.53 Å². The van der Waals surface area contributed by atoms with Crippen LogP contribution in [0.15, 0.2) is 16.9 Å². The Bertz CT molecular complexity index is 452. The molecule has 0 amide bonds. The van der Waals surface area contributed by atoms with Crippen LogP contribution >= 0.6 is 15.9 Å². The molecular weight excluding hydrogens is 294 g/mol. The van der Waals surface area contributed by atoms with Gasteiger partial charge in [0, 0.05) is 6.20 Å². The van der Waals surface area contributed by atoms with Crippen molar-refractivity contribution in [3.63, 3.8) is 0 Å². The van der Waals surface area contributed by atoms with Crippen molar-refractivity contribution in [3.8, 4) is 0 Å². The Morgan fingerprint density at radius 1 is 1.65 bits per heavy atom.